The lowest BCUT2D eigenvalue weighted by Crippen LogP contribution is -2.03. The van der Waals surface area contributed by atoms with Crippen molar-refractivity contribution in [2.24, 2.45) is 0 Å². The summed E-state index contributed by atoms with van der Waals surface area (Å²) in [6.07, 6.45) is 0. The van der Waals surface area contributed by atoms with Crippen LogP contribution < -0.4 is 0 Å². The highest BCUT2D eigenvalue weighted by Crippen LogP contribution is 2.31. The van der Waals surface area contributed by atoms with Gasteiger partial charge in [-0.1, -0.05) is 80.4 Å². The minimum atomic E-state index is 0.763. The molecule has 24 heavy (non-hydrogen) atoms. The molecule has 0 atom stereocenters. The molecule has 0 bridgehead atoms. The van der Waals surface area contributed by atoms with Crippen LogP contribution in [0.1, 0.15) is 5.56 Å². The molecule has 4 heteroatoms. The second-order valence-electron chi connectivity index (χ2n) is 5.58. The van der Waals surface area contributed by atoms with E-state index >= 15 is 0 Å². The quantitative estimate of drug-likeness (QED) is 0.366. The van der Waals surface area contributed by atoms with Crippen LogP contribution in [0.25, 0.3) is 22.4 Å². The van der Waals surface area contributed by atoms with Gasteiger partial charge in [0.15, 0.2) is 0 Å². The molecule has 0 aliphatic heterocycles. The SMILES string of the molecule is Brc1ccccc1Cn1c(-c2ccccc2Br)nc2ccccc21. The summed E-state index contributed by atoms with van der Waals surface area (Å²) in [7, 11) is 0. The van der Waals surface area contributed by atoms with E-state index in [1.54, 1.807) is 0 Å². The summed E-state index contributed by atoms with van der Waals surface area (Å²) in [6.45, 7) is 0.763. The fourth-order valence-electron chi connectivity index (χ4n) is 2.88. The Balaban J connectivity index is 1.94. The summed E-state index contributed by atoms with van der Waals surface area (Å²) in [5.74, 6) is 0.972. The summed E-state index contributed by atoms with van der Waals surface area (Å²) in [5, 5.41) is 0. The first-order chi connectivity index (χ1) is 11.7. The van der Waals surface area contributed by atoms with Crippen LogP contribution in [0, 0.1) is 0 Å². The van der Waals surface area contributed by atoms with Crippen LogP contribution in [0.3, 0.4) is 0 Å². The predicted molar refractivity (Wildman–Crippen MR) is 106 cm³/mol. The number of nitrogens with zero attached hydrogens (tertiary/aromatic N) is 2. The minimum absolute atomic E-state index is 0.763. The largest absolute Gasteiger partial charge is 0.319 e. The molecule has 0 radical (unpaired) electrons. The summed E-state index contributed by atoms with van der Waals surface area (Å²) in [6, 6.07) is 24.8. The van der Waals surface area contributed by atoms with Gasteiger partial charge in [-0.25, -0.2) is 4.98 Å². The van der Waals surface area contributed by atoms with Crippen molar-refractivity contribution in [3.8, 4) is 11.4 Å². The van der Waals surface area contributed by atoms with Gasteiger partial charge >= 0.3 is 0 Å². The number of fused-ring (bicyclic) bond motifs is 1. The maximum atomic E-state index is 4.89. The molecule has 0 aliphatic carbocycles. The molecule has 0 N–H and O–H groups in total. The molecule has 2 nitrogen and oxygen atoms in total. The number of imidazole rings is 1. The second-order valence-corrected chi connectivity index (χ2v) is 7.29. The Bertz CT molecular complexity index is 1020. The zero-order valence-corrected chi connectivity index (χ0v) is 16.0. The molecule has 0 unspecified atom stereocenters. The lowest BCUT2D eigenvalue weighted by atomic mass is 10.2. The van der Waals surface area contributed by atoms with Crippen LogP contribution in [0.5, 0.6) is 0 Å². The van der Waals surface area contributed by atoms with E-state index in [1.807, 2.05) is 24.3 Å². The molecular formula is C20H14Br2N2. The van der Waals surface area contributed by atoms with Gasteiger partial charge in [-0.2, -0.15) is 0 Å². The third-order valence-electron chi connectivity index (χ3n) is 4.06. The number of hydrogen-bond donors (Lipinski definition) is 0. The Morgan fingerprint density at radius 2 is 1.42 bits per heavy atom. The van der Waals surface area contributed by atoms with Crippen molar-refractivity contribution < 1.29 is 0 Å². The zero-order valence-electron chi connectivity index (χ0n) is 12.8. The average Bonchev–Trinajstić information content (AvgIpc) is 2.96. The summed E-state index contributed by atoms with van der Waals surface area (Å²) in [5.41, 5.74) is 4.48. The van der Waals surface area contributed by atoms with Crippen LogP contribution in [0.4, 0.5) is 0 Å². The maximum Gasteiger partial charge on any atom is 0.142 e. The van der Waals surface area contributed by atoms with Crippen LogP contribution in [-0.4, -0.2) is 9.55 Å². The lowest BCUT2D eigenvalue weighted by molar-refractivity contribution is 0.830. The topological polar surface area (TPSA) is 17.8 Å². The molecule has 0 fully saturated rings. The Hall–Kier alpha value is -1.91. The fraction of sp³-hybridized carbons (Fsp3) is 0.0500. The molecule has 0 aliphatic rings. The standard InChI is InChI=1S/C20H14Br2N2/c21-16-9-3-1-7-14(16)13-24-19-12-6-5-11-18(19)23-20(24)15-8-2-4-10-17(15)22/h1-12H,13H2. The first-order valence-corrected chi connectivity index (χ1v) is 9.26. The monoisotopic (exact) mass is 440 g/mol. The highest BCUT2D eigenvalue weighted by Gasteiger charge is 2.15. The second kappa shape index (κ2) is 6.54. The number of hydrogen-bond acceptors (Lipinski definition) is 1. The average molecular weight is 442 g/mol. The highest BCUT2D eigenvalue weighted by atomic mass is 79.9. The molecule has 0 amide bonds. The summed E-state index contributed by atoms with van der Waals surface area (Å²) in [4.78, 5) is 4.89. The molecule has 1 aromatic heterocycles. The van der Waals surface area contributed by atoms with Gasteiger partial charge in [-0.15, -0.1) is 0 Å². The molecule has 118 valence electrons. The van der Waals surface area contributed by atoms with Gasteiger partial charge in [0.2, 0.25) is 0 Å². The smallest absolute Gasteiger partial charge is 0.142 e. The van der Waals surface area contributed by atoms with Crippen molar-refractivity contribution in [2.45, 2.75) is 6.54 Å². The van der Waals surface area contributed by atoms with Crippen molar-refractivity contribution in [1.29, 1.82) is 0 Å². The predicted octanol–water partition coefficient (Wildman–Crippen LogP) is 6.28. The van der Waals surface area contributed by atoms with E-state index in [0.29, 0.717) is 0 Å². The van der Waals surface area contributed by atoms with Crippen LogP contribution >= 0.6 is 31.9 Å². The first kappa shape index (κ1) is 15.6. The van der Waals surface area contributed by atoms with Crippen molar-refractivity contribution in [2.75, 3.05) is 0 Å². The molecule has 1 heterocycles. The van der Waals surface area contributed by atoms with Gasteiger partial charge in [-0.3, -0.25) is 0 Å². The lowest BCUT2D eigenvalue weighted by Gasteiger charge is -2.12. The summed E-state index contributed by atoms with van der Waals surface area (Å²) < 4.78 is 4.43. The van der Waals surface area contributed by atoms with E-state index in [0.717, 1.165) is 37.9 Å². The van der Waals surface area contributed by atoms with Crippen molar-refractivity contribution >= 4 is 42.9 Å². The molecule has 0 saturated carbocycles. The number of aromatic nitrogens is 2. The van der Waals surface area contributed by atoms with Crippen LogP contribution in [0.2, 0.25) is 0 Å². The van der Waals surface area contributed by atoms with Crippen molar-refractivity contribution in [1.82, 2.24) is 9.55 Å². The van der Waals surface area contributed by atoms with Gasteiger partial charge in [0.25, 0.3) is 0 Å². The molecule has 0 spiro atoms. The third-order valence-corrected chi connectivity index (χ3v) is 5.52. The van der Waals surface area contributed by atoms with E-state index in [1.165, 1.54) is 5.56 Å². The molecular weight excluding hydrogens is 428 g/mol. The van der Waals surface area contributed by atoms with E-state index in [9.17, 15) is 0 Å². The third kappa shape index (κ3) is 2.80. The van der Waals surface area contributed by atoms with Gasteiger partial charge < -0.3 is 4.57 Å². The van der Waals surface area contributed by atoms with E-state index < -0.39 is 0 Å². The number of benzene rings is 3. The van der Waals surface area contributed by atoms with Crippen molar-refractivity contribution in [3.63, 3.8) is 0 Å². The molecule has 4 aromatic rings. The maximum absolute atomic E-state index is 4.89. The normalized spacial score (nSPS) is 11.1. The molecule has 3 aromatic carbocycles. The zero-order chi connectivity index (χ0) is 16.5. The highest BCUT2D eigenvalue weighted by molar-refractivity contribution is 9.10. The fourth-order valence-corrected chi connectivity index (χ4v) is 3.75. The number of halogens is 2. The van der Waals surface area contributed by atoms with Gasteiger partial charge in [-0.05, 0) is 29.8 Å². The summed E-state index contributed by atoms with van der Waals surface area (Å²) >= 11 is 7.32. The number of para-hydroxylation sites is 2. The first-order valence-electron chi connectivity index (χ1n) is 7.67. The minimum Gasteiger partial charge on any atom is -0.319 e. The Labute approximate surface area is 157 Å². The Morgan fingerprint density at radius 3 is 2.21 bits per heavy atom. The Kier molecular flexibility index (Phi) is 4.25. The van der Waals surface area contributed by atoms with Crippen LogP contribution in [0.15, 0.2) is 81.7 Å². The number of rotatable bonds is 3. The molecule has 4 rings (SSSR count). The van der Waals surface area contributed by atoms with Gasteiger partial charge in [0.1, 0.15) is 5.82 Å². The van der Waals surface area contributed by atoms with Gasteiger partial charge in [0, 0.05) is 14.5 Å². The Morgan fingerprint density at radius 1 is 0.750 bits per heavy atom. The van der Waals surface area contributed by atoms with E-state index in [4.69, 9.17) is 4.98 Å². The van der Waals surface area contributed by atoms with Crippen LogP contribution in [-0.2, 0) is 6.54 Å². The van der Waals surface area contributed by atoms with Crippen molar-refractivity contribution in [3.05, 3.63) is 87.3 Å². The van der Waals surface area contributed by atoms with Gasteiger partial charge in [0.05, 0.1) is 17.6 Å². The van der Waals surface area contributed by atoms with E-state index in [2.05, 4.69) is 85.0 Å². The van der Waals surface area contributed by atoms with E-state index in [-0.39, 0.29) is 0 Å². The molecule has 0 saturated heterocycles.